The lowest BCUT2D eigenvalue weighted by Crippen LogP contribution is -2.41. The number of anilines is 2. The Morgan fingerprint density at radius 3 is 2.42 bits per heavy atom. The summed E-state index contributed by atoms with van der Waals surface area (Å²) < 4.78 is 33.0. The zero-order chi connectivity index (χ0) is 32.7. The van der Waals surface area contributed by atoms with Gasteiger partial charge in [-0.25, -0.2) is 22.3 Å². The number of nitrogens with zero attached hydrogens (tertiary/aromatic N) is 2. The lowest BCUT2D eigenvalue weighted by Gasteiger charge is -2.22. The van der Waals surface area contributed by atoms with Crippen molar-refractivity contribution in [3.05, 3.63) is 89.0 Å². The van der Waals surface area contributed by atoms with Crippen molar-refractivity contribution in [2.24, 2.45) is 0 Å². The number of hydrogen-bond acceptors (Lipinski definition) is 8. The number of Topliss-reactive ketones (excluding diaryl/α,β-unsaturated/α-hetero) is 1. The highest BCUT2D eigenvalue weighted by Crippen LogP contribution is 2.34. The van der Waals surface area contributed by atoms with Crippen LogP contribution in [-0.4, -0.2) is 61.3 Å². The number of carbonyl (C=O) groups excluding carboxylic acids is 4. The van der Waals surface area contributed by atoms with E-state index in [1.165, 1.54) is 42.2 Å². The van der Waals surface area contributed by atoms with E-state index in [1.807, 2.05) is 30.3 Å². The van der Waals surface area contributed by atoms with Crippen molar-refractivity contribution >= 4 is 45.2 Å². The van der Waals surface area contributed by atoms with Crippen LogP contribution in [0, 0.1) is 0 Å². The smallest absolute Gasteiger partial charge is 0.408 e. The fourth-order valence-electron chi connectivity index (χ4n) is 5.33. The maximum Gasteiger partial charge on any atom is 0.408 e. The van der Waals surface area contributed by atoms with Crippen LogP contribution >= 0.6 is 0 Å². The molecule has 2 atom stereocenters. The molecule has 2 heterocycles. The van der Waals surface area contributed by atoms with Gasteiger partial charge in [-0.2, -0.15) is 0 Å². The normalized spacial score (nSPS) is 17.0. The van der Waals surface area contributed by atoms with Gasteiger partial charge in [0.15, 0.2) is 5.78 Å². The minimum Gasteiger partial charge on any atom is -0.444 e. The molecule has 1 fully saturated rings. The molecule has 0 aromatic heterocycles. The van der Waals surface area contributed by atoms with Crippen molar-refractivity contribution in [3.63, 3.8) is 0 Å². The van der Waals surface area contributed by atoms with Gasteiger partial charge < -0.3 is 26.0 Å². The van der Waals surface area contributed by atoms with Gasteiger partial charge in [-0.3, -0.25) is 9.59 Å². The van der Waals surface area contributed by atoms with Crippen molar-refractivity contribution in [3.8, 4) is 0 Å². The number of nitrogens with one attached hydrogen (secondary N) is 2. The number of hydrogen-bond donors (Lipinski definition) is 3. The van der Waals surface area contributed by atoms with Crippen LogP contribution in [0.1, 0.15) is 65.6 Å². The summed E-state index contributed by atoms with van der Waals surface area (Å²) in [5.74, 6) is -0.820. The predicted molar refractivity (Wildman–Crippen MR) is 167 cm³/mol. The molecule has 13 heteroatoms. The van der Waals surface area contributed by atoms with Gasteiger partial charge in [-0.05, 0) is 75.6 Å². The molecule has 0 spiro atoms. The van der Waals surface area contributed by atoms with Gasteiger partial charge in [0.25, 0.3) is 15.9 Å². The number of alkyl carbamates (subject to hydrolysis) is 1. The lowest BCUT2D eigenvalue weighted by molar-refractivity contribution is 0.0496. The highest BCUT2D eigenvalue weighted by atomic mass is 32.2. The Bertz CT molecular complexity index is 1790. The molecule has 3 aromatic rings. The number of amides is 4. The van der Waals surface area contributed by atoms with Gasteiger partial charge in [0.1, 0.15) is 5.60 Å². The Hall–Kier alpha value is -4.91. The summed E-state index contributed by atoms with van der Waals surface area (Å²) in [6.07, 6.45) is -0.333. The van der Waals surface area contributed by atoms with Crippen molar-refractivity contribution in [2.75, 3.05) is 23.7 Å². The topological polar surface area (TPSA) is 168 Å². The largest absolute Gasteiger partial charge is 0.444 e. The molecule has 3 aromatic carbocycles. The fourth-order valence-corrected chi connectivity index (χ4v) is 6.73. The average molecular weight is 634 g/mol. The number of urea groups is 1. The standard InChI is InChI=1S/C32H35N5O7S/c1-19(34-31(41)44-32(2,3)4)28(38)22-10-12-24(25(33)17-22)29(39)36-15-14-21-16-23(11-13-27(21)36)45(42,43)37-18-26(35-30(37)40)20-8-6-5-7-9-20/h5-13,16-17,19,26H,14-15,18,33H2,1-4H3,(H,34,41)(H,35,40)/t19?,26-/m1/s1. The van der Waals surface area contributed by atoms with E-state index in [1.54, 1.807) is 26.8 Å². The van der Waals surface area contributed by atoms with Gasteiger partial charge in [0.2, 0.25) is 0 Å². The van der Waals surface area contributed by atoms with Gasteiger partial charge >= 0.3 is 12.1 Å². The highest BCUT2D eigenvalue weighted by Gasteiger charge is 2.39. The Labute approximate surface area is 261 Å². The summed E-state index contributed by atoms with van der Waals surface area (Å²) in [4.78, 5) is 52.7. The summed E-state index contributed by atoms with van der Waals surface area (Å²) in [5, 5.41) is 5.22. The molecule has 2 aliphatic heterocycles. The quantitative estimate of drug-likeness (QED) is 0.259. The first-order chi connectivity index (χ1) is 21.2. The van der Waals surface area contributed by atoms with Crippen molar-refractivity contribution in [1.82, 2.24) is 14.9 Å². The van der Waals surface area contributed by atoms with E-state index in [0.29, 0.717) is 17.7 Å². The molecule has 0 radical (unpaired) electrons. The number of ketones is 1. The molecule has 1 saturated heterocycles. The average Bonchev–Trinajstić information content (AvgIpc) is 3.59. The third kappa shape index (κ3) is 6.48. The third-order valence-electron chi connectivity index (χ3n) is 7.55. The summed E-state index contributed by atoms with van der Waals surface area (Å²) in [6.45, 7) is 6.91. The molecular formula is C32H35N5O7S. The number of benzene rings is 3. The number of sulfonamides is 1. The molecule has 12 nitrogen and oxygen atoms in total. The van der Waals surface area contributed by atoms with E-state index >= 15 is 0 Å². The van der Waals surface area contributed by atoms with E-state index in [4.69, 9.17) is 10.5 Å². The summed E-state index contributed by atoms with van der Waals surface area (Å²) >= 11 is 0. The van der Waals surface area contributed by atoms with Gasteiger partial charge in [0.05, 0.1) is 29.1 Å². The minimum atomic E-state index is -4.15. The SMILES string of the molecule is CC(NC(=O)OC(C)(C)C)C(=O)c1ccc(C(=O)N2CCc3cc(S(=O)(=O)N4C[C@H](c5ccccc5)NC4=O)ccc32)c(N)c1. The summed E-state index contributed by atoms with van der Waals surface area (Å²) in [7, 11) is -4.15. The van der Waals surface area contributed by atoms with Crippen LogP contribution in [0.3, 0.4) is 0 Å². The van der Waals surface area contributed by atoms with E-state index < -0.39 is 51.5 Å². The molecule has 1 unspecified atom stereocenters. The second kappa shape index (κ2) is 11.9. The van der Waals surface area contributed by atoms with Crippen LogP contribution in [0.15, 0.2) is 71.6 Å². The number of rotatable bonds is 7. The predicted octanol–water partition coefficient (Wildman–Crippen LogP) is 4.02. The van der Waals surface area contributed by atoms with E-state index in [2.05, 4.69) is 10.6 Å². The van der Waals surface area contributed by atoms with E-state index in [0.717, 1.165) is 9.87 Å². The maximum absolute atomic E-state index is 13.5. The molecule has 0 saturated carbocycles. The van der Waals surface area contributed by atoms with Crippen molar-refractivity contribution in [1.29, 1.82) is 0 Å². The minimum absolute atomic E-state index is 0.0412. The fraction of sp³-hybridized carbons (Fsp3) is 0.312. The number of nitrogens with two attached hydrogens (primary N) is 1. The molecule has 2 aliphatic rings. The van der Waals surface area contributed by atoms with Crippen LogP contribution in [0.25, 0.3) is 0 Å². The van der Waals surface area contributed by atoms with Crippen LogP contribution in [-0.2, 0) is 21.2 Å². The zero-order valence-corrected chi connectivity index (χ0v) is 26.2. The Morgan fingerprint density at radius 1 is 1.04 bits per heavy atom. The second-order valence-electron chi connectivity index (χ2n) is 12.0. The molecule has 236 valence electrons. The first-order valence-electron chi connectivity index (χ1n) is 14.4. The molecular weight excluding hydrogens is 598 g/mol. The van der Waals surface area contributed by atoms with Crippen LogP contribution in [0.5, 0.6) is 0 Å². The van der Waals surface area contributed by atoms with Crippen molar-refractivity contribution < 1.29 is 32.3 Å². The van der Waals surface area contributed by atoms with Crippen LogP contribution < -0.4 is 21.3 Å². The molecule has 0 bridgehead atoms. The highest BCUT2D eigenvalue weighted by molar-refractivity contribution is 7.89. The summed E-state index contributed by atoms with van der Waals surface area (Å²) in [6, 6.07) is 15.8. The van der Waals surface area contributed by atoms with Crippen LogP contribution in [0.2, 0.25) is 0 Å². The molecule has 4 N–H and O–H groups in total. The molecule has 45 heavy (non-hydrogen) atoms. The van der Waals surface area contributed by atoms with Crippen molar-refractivity contribution in [2.45, 2.75) is 56.7 Å². The third-order valence-corrected chi connectivity index (χ3v) is 9.29. The molecule has 0 aliphatic carbocycles. The van der Waals surface area contributed by atoms with E-state index in [-0.39, 0.29) is 34.8 Å². The number of nitrogen functional groups attached to an aromatic ring is 1. The summed E-state index contributed by atoms with van der Waals surface area (Å²) in [5.41, 5.74) is 7.92. The van der Waals surface area contributed by atoms with Gasteiger partial charge in [-0.1, -0.05) is 36.4 Å². The maximum atomic E-state index is 13.5. The first-order valence-corrected chi connectivity index (χ1v) is 15.9. The monoisotopic (exact) mass is 633 g/mol. The zero-order valence-electron chi connectivity index (χ0n) is 25.4. The Balaban J connectivity index is 1.29. The molecule has 5 rings (SSSR count). The number of fused-ring (bicyclic) bond motifs is 1. The van der Waals surface area contributed by atoms with Crippen LogP contribution in [0.4, 0.5) is 21.0 Å². The first kappa shape index (κ1) is 31.5. The molecule has 4 amide bonds. The Kier molecular flexibility index (Phi) is 8.32. The second-order valence-corrected chi connectivity index (χ2v) is 13.8. The Morgan fingerprint density at radius 2 is 1.76 bits per heavy atom. The van der Waals surface area contributed by atoms with E-state index in [9.17, 15) is 27.6 Å². The number of carbonyl (C=O) groups is 4. The number of ether oxygens (including phenoxy) is 1. The van der Waals surface area contributed by atoms with Gasteiger partial charge in [-0.15, -0.1) is 0 Å². The lowest BCUT2D eigenvalue weighted by atomic mass is 10.0. The van der Waals surface area contributed by atoms with Gasteiger partial charge in [0, 0.05) is 23.5 Å².